The number of hydrogen-bond acceptors (Lipinski definition) is 5. The van der Waals surface area contributed by atoms with E-state index in [-0.39, 0.29) is 10.1 Å². The molecule has 0 unspecified atom stereocenters. The first-order valence-electron chi connectivity index (χ1n) is 20.4. The van der Waals surface area contributed by atoms with Gasteiger partial charge < -0.3 is 18.3 Å². The zero-order valence-electron chi connectivity index (χ0n) is 34.4. The quantitative estimate of drug-likeness (QED) is 0.0806. The van der Waals surface area contributed by atoms with Crippen molar-refractivity contribution in [3.8, 4) is 11.8 Å². The van der Waals surface area contributed by atoms with Crippen molar-refractivity contribution in [2.45, 2.75) is 102 Å². The van der Waals surface area contributed by atoms with Gasteiger partial charge in [-0.05, 0) is 62.7 Å². The van der Waals surface area contributed by atoms with Crippen LogP contribution in [0.2, 0.25) is 10.1 Å². The van der Waals surface area contributed by atoms with Gasteiger partial charge in [-0.15, -0.1) is 0 Å². The lowest BCUT2D eigenvalue weighted by Crippen LogP contribution is -2.73. The highest BCUT2D eigenvalue weighted by Crippen LogP contribution is 2.43. The number of carbonyl (C=O) groups is 1. The Kier molecular flexibility index (Phi) is 11.9. The number of esters is 1. The molecule has 2 aliphatic rings. The molecule has 294 valence electrons. The van der Waals surface area contributed by atoms with E-state index in [4.69, 9.17) is 18.3 Å². The van der Waals surface area contributed by atoms with Crippen molar-refractivity contribution in [1.82, 2.24) is 0 Å². The van der Waals surface area contributed by atoms with Gasteiger partial charge in [0.1, 0.15) is 0 Å². The lowest BCUT2D eigenvalue weighted by atomic mass is 10.0. The molecule has 57 heavy (non-hydrogen) atoms. The van der Waals surface area contributed by atoms with E-state index in [2.05, 4.69) is 175 Å². The molecule has 1 aliphatic heterocycles. The molecule has 1 heterocycles. The molecular weight excluding hydrogens is 737 g/mol. The van der Waals surface area contributed by atoms with Crippen molar-refractivity contribution in [1.29, 1.82) is 0 Å². The zero-order chi connectivity index (χ0) is 40.3. The van der Waals surface area contributed by atoms with Gasteiger partial charge in [-0.1, -0.05) is 187 Å². The van der Waals surface area contributed by atoms with Crippen molar-refractivity contribution < 1.29 is 23.1 Å². The standard InChI is InChI=1S/C50H56O5Si2/c1-37-47(55-57(50(5,6)7,42-27-16-10-17-28-42)43-29-18-11-19-30-43)45(36-46(52-37)53-48(51)44-31-21-20-22-39(44)35-34-38-32-33-38)54-56(49(2,3)4,40-23-12-8-13-24-40)41-25-14-9-15-26-41/h8-31,37-38,45-47H,32-33,36H2,1-7H3/t37-,45+,46+,47-/m1/s1. The average Bonchev–Trinajstić information content (AvgIpc) is 4.04. The molecule has 4 atom stereocenters. The van der Waals surface area contributed by atoms with Crippen LogP contribution in [0.25, 0.3) is 0 Å². The number of carbonyl (C=O) groups excluding carboxylic acids is 1. The number of ether oxygens (including phenoxy) is 2. The molecule has 7 heteroatoms. The third-order valence-corrected chi connectivity index (χ3v) is 21.6. The molecule has 5 aromatic rings. The summed E-state index contributed by atoms with van der Waals surface area (Å²) in [5.74, 6) is 6.50. The summed E-state index contributed by atoms with van der Waals surface area (Å²) in [4.78, 5) is 14.1. The molecular formula is C50H56O5Si2. The van der Waals surface area contributed by atoms with Crippen LogP contribution < -0.4 is 20.7 Å². The molecule has 7 rings (SSSR count). The number of rotatable bonds is 10. The predicted octanol–water partition coefficient (Wildman–Crippen LogP) is 8.63. The van der Waals surface area contributed by atoms with E-state index >= 15 is 0 Å². The normalized spacial score (nSPS) is 20.3. The molecule has 0 amide bonds. The Hall–Kier alpha value is -4.56. The molecule has 0 bridgehead atoms. The van der Waals surface area contributed by atoms with Crippen LogP contribution in [0.1, 0.15) is 83.7 Å². The van der Waals surface area contributed by atoms with Crippen LogP contribution in [0.15, 0.2) is 146 Å². The van der Waals surface area contributed by atoms with Crippen LogP contribution in [0.3, 0.4) is 0 Å². The van der Waals surface area contributed by atoms with Crippen LogP contribution in [0.5, 0.6) is 0 Å². The second-order valence-corrected chi connectivity index (χ2v) is 26.1. The summed E-state index contributed by atoms with van der Waals surface area (Å²) in [6.07, 6.45) is 0.118. The Balaban J connectivity index is 1.36. The van der Waals surface area contributed by atoms with Gasteiger partial charge in [0.25, 0.3) is 16.6 Å². The summed E-state index contributed by atoms with van der Waals surface area (Å²) >= 11 is 0. The first kappa shape index (κ1) is 40.6. The Morgan fingerprint density at radius 3 is 1.47 bits per heavy atom. The second kappa shape index (κ2) is 16.7. The van der Waals surface area contributed by atoms with Crippen molar-refractivity contribution in [2.75, 3.05) is 0 Å². The summed E-state index contributed by atoms with van der Waals surface area (Å²) in [5.41, 5.74) is 1.11. The Labute approximate surface area is 342 Å². The smallest absolute Gasteiger partial charge is 0.341 e. The maximum absolute atomic E-state index is 14.1. The van der Waals surface area contributed by atoms with E-state index in [0.29, 0.717) is 23.5 Å². The first-order chi connectivity index (χ1) is 27.3. The fourth-order valence-corrected chi connectivity index (χ4v) is 18.0. The van der Waals surface area contributed by atoms with E-state index < -0.39 is 47.2 Å². The second-order valence-electron chi connectivity index (χ2n) is 17.6. The first-order valence-corrected chi connectivity index (χ1v) is 24.2. The number of benzene rings is 5. The van der Waals surface area contributed by atoms with Gasteiger partial charge in [0.15, 0.2) is 0 Å². The average molecular weight is 793 g/mol. The maximum atomic E-state index is 14.1. The fraction of sp³-hybridized carbons (Fsp3) is 0.340. The van der Waals surface area contributed by atoms with Gasteiger partial charge in [0, 0.05) is 17.9 Å². The molecule has 5 nitrogen and oxygen atoms in total. The van der Waals surface area contributed by atoms with Gasteiger partial charge >= 0.3 is 5.97 Å². The summed E-state index contributed by atoms with van der Waals surface area (Å²) < 4.78 is 29.0. The minimum absolute atomic E-state index is 0.286. The van der Waals surface area contributed by atoms with E-state index in [1.54, 1.807) is 6.07 Å². The Morgan fingerprint density at radius 2 is 1.04 bits per heavy atom. The lowest BCUT2D eigenvalue weighted by Gasteiger charge is -2.52. The minimum atomic E-state index is -3.12. The fourth-order valence-electron chi connectivity index (χ4n) is 8.54. The SMILES string of the molecule is C[C@H]1O[C@@H](OC(=O)c2ccccc2C#CC2CC2)C[C@H](O[Si](c2ccccc2)(c2ccccc2)C(C)(C)C)[C@@H]1O[Si](c1ccccc1)(c1ccccc1)C(C)(C)C. The van der Waals surface area contributed by atoms with Crippen LogP contribution in [-0.4, -0.2) is 47.2 Å². The van der Waals surface area contributed by atoms with Gasteiger partial charge in [0.2, 0.25) is 6.29 Å². The molecule has 1 aliphatic carbocycles. The Morgan fingerprint density at radius 1 is 0.614 bits per heavy atom. The molecule has 0 N–H and O–H groups in total. The van der Waals surface area contributed by atoms with Crippen LogP contribution in [0, 0.1) is 17.8 Å². The highest BCUT2D eigenvalue weighted by molar-refractivity contribution is 7.00. The van der Waals surface area contributed by atoms with Crippen molar-refractivity contribution in [3.63, 3.8) is 0 Å². The topological polar surface area (TPSA) is 54.0 Å². The summed E-state index contributed by atoms with van der Waals surface area (Å²) in [6, 6.07) is 50.2. The monoisotopic (exact) mass is 792 g/mol. The van der Waals surface area contributed by atoms with E-state index in [1.165, 1.54) is 20.7 Å². The van der Waals surface area contributed by atoms with E-state index in [1.807, 2.05) is 25.1 Å². The highest BCUT2D eigenvalue weighted by Gasteiger charge is 2.58. The molecule has 1 saturated heterocycles. The largest absolute Gasteiger partial charge is 0.432 e. The summed E-state index contributed by atoms with van der Waals surface area (Å²) in [6.45, 7) is 15.8. The van der Waals surface area contributed by atoms with Gasteiger partial charge in [-0.2, -0.15) is 0 Å². The van der Waals surface area contributed by atoms with Crippen molar-refractivity contribution in [3.05, 3.63) is 157 Å². The third kappa shape index (κ3) is 8.39. The lowest BCUT2D eigenvalue weighted by molar-refractivity contribution is -0.219. The zero-order valence-corrected chi connectivity index (χ0v) is 36.4. The predicted molar refractivity (Wildman–Crippen MR) is 235 cm³/mol. The third-order valence-electron chi connectivity index (χ3n) is 11.5. The minimum Gasteiger partial charge on any atom is -0.432 e. The van der Waals surface area contributed by atoms with Crippen molar-refractivity contribution in [2.24, 2.45) is 5.92 Å². The van der Waals surface area contributed by atoms with Crippen LogP contribution in [-0.2, 0) is 18.3 Å². The maximum Gasteiger partial charge on any atom is 0.341 e. The Bertz CT molecular complexity index is 2090. The van der Waals surface area contributed by atoms with Crippen molar-refractivity contribution >= 4 is 43.4 Å². The highest BCUT2D eigenvalue weighted by atomic mass is 28.4. The van der Waals surface area contributed by atoms with Gasteiger partial charge in [-0.25, -0.2) is 4.79 Å². The van der Waals surface area contributed by atoms with Gasteiger partial charge in [0.05, 0.1) is 23.9 Å². The molecule has 2 fully saturated rings. The molecule has 5 aromatic carbocycles. The van der Waals surface area contributed by atoms with Crippen LogP contribution >= 0.6 is 0 Å². The van der Waals surface area contributed by atoms with Gasteiger partial charge in [-0.3, -0.25) is 0 Å². The van der Waals surface area contributed by atoms with Crippen LogP contribution in [0.4, 0.5) is 0 Å². The van der Waals surface area contributed by atoms with E-state index in [0.717, 1.165) is 12.8 Å². The summed E-state index contributed by atoms with van der Waals surface area (Å²) in [5, 5.41) is 4.11. The summed E-state index contributed by atoms with van der Waals surface area (Å²) in [7, 11) is -6.22. The number of hydrogen-bond donors (Lipinski definition) is 0. The molecule has 1 saturated carbocycles. The molecule has 0 aromatic heterocycles. The molecule has 0 spiro atoms. The van der Waals surface area contributed by atoms with E-state index in [9.17, 15) is 4.79 Å². The molecule has 0 radical (unpaired) electrons.